The van der Waals surface area contributed by atoms with Gasteiger partial charge in [0.05, 0.1) is 6.04 Å². The van der Waals surface area contributed by atoms with Crippen molar-refractivity contribution in [2.24, 2.45) is 5.92 Å². The van der Waals surface area contributed by atoms with Gasteiger partial charge in [-0.2, -0.15) is 0 Å². The standard InChI is InChI=1S/C16H27NO/c1-3-12-17-16(13-8-6-5-7-9-13)15-11-10-14(4-2)18-15/h10-11,13,16-17H,3-9,12H2,1-2H3. The molecule has 18 heavy (non-hydrogen) atoms. The number of furan rings is 1. The number of nitrogens with one attached hydrogen (secondary N) is 1. The van der Waals surface area contributed by atoms with Crippen LogP contribution in [0, 0.1) is 5.92 Å². The number of hydrogen-bond acceptors (Lipinski definition) is 2. The Morgan fingerprint density at radius 1 is 1.22 bits per heavy atom. The first-order valence-corrected chi connectivity index (χ1v) is 7.67. The fourth-order valence-electron chi connectivity index (χ4n) is 3.02. The van der Waals surface area contributed by atoms with Crippen LogP contribution in [0.5, 0.6) is 0 Å². The van der Waals surface area contributed by atoms with Crippen LogP contribution >= 0.6 is 0 Å². The Morgan fingerprint density at radius 2 is 2.00 bits per heavy atom. The Morgan fingerprint density at radius 3 is 2.61 bits per heavy atom. The highest BCUT2D eigenvalue weighted by molar-refractivity contribution is 5.12. The van der Waals surface area contributed by atoms with Crippen LogP contribution in [-0.4, -0.2) is 6.54 Å². The topological polar surface area (TPSA) is 25.2 Å². The van der Waals surface area contributed by atoms with Crippen LogP contribution in [0.3, 0.4) is 0 Å². The van der Waals surface area contributed by atoms with Crippen molar-refractivity contribution in [2.45, 2.75) is 64.8 Å². The highest BCUT2D eigenvalue weighted by Crippen LogP contribution is 2.35. The van der Waals surface area contributed by atoms with E-state index in [0.29, 0.717) is 6.04 Å². The summed E-state index contributed by atoms with van der Waals surface area (Å²) in [5, 5.41) is 3.70. The molecule has 2 heteroatoms. The Hall–Kier alpha value is -0.760. The van der Waals surface area contributed by atoms with E-state index in [4.69, 9.17) is 4.42 Å². The first-order valence-electron chi connectivity index (χ1n) is 7.67. The van der Waals surface area contributed by atoms with Gasteiger partial charge in [0.2, 0.25) is 0 Å². The van der Waals surface area contributed by atoms with Crippen LogP contribution in [0.4, 0.5) is 0 Å². The molecule has 2 rings (SSSR count). The lowest BCUT2D eigenvalue weighted by Gasteiger charge is -2.29. The molecule has 1 aromatic heterocycles. The van der Waals surface area contributed by atoms with Gasteiger partial charge < -0.3 is 9.73 Å². The van der Waals surface area contributed by atoms with Crippen molar-refractivity contribution < 1.29 is 4.42 Å². The SMILES string of the molecule is CCCNC(c1ccc(CC)o1)C1CCCCC1. The normalized spacial score (nSPS) is 19.0. The van der Waals surface area contributed by atoms with Gasteiger partial charge in [-0.25, -0.2) is 0 Å². The lowest BCUT2D eigenvalue weighted by molar-refractivity contribution is 0.241. The molecule has 1 aliphatic rings. The van der Waals surface area contributed by atoms with Crippen molar-refractivity contribution in [1.82, 2.24) is 5.32 Å². The van der Waals surface area contributed by atoms with Crippen LogP contribution < -0.4 is 5.32 Å². The Bertz CT molecular complexity index is 339. The van der Waals surface area contributed by atoms with Gasteiger partial charge in [-0.05, 0) is 43.9 Å². The van der Waals surface area contributed by atoms with E-state index in [1.807, 2.05) is 0 Å². The molecule has 1 fully saturated rings. The largest absolute Gasteiger partial charge is 0.464 e. The van der Waals surface area contributed by atoms with Crippen LogP contribution in [0.15, 0.2) is 16.5 Å². The molecule has 1 N–H and O–H groups in total. The van der Waals surface area contributed by atoms with Crippen molar-refractivity contribution >= 4 is 0 Å². The Kier molecular flexibility index (Phi) is 5.30. The predicted molar refractivity (Wildman–Crippen MR) is 75.7 cm³/mol. The number of hydrogen-bond donors (Lipinski definition) is 1. The van der Waals surface area contributed by atoms with Crippen molar-refractivity contribution in [1.29, 1.82) is 0 Å². The smallest absolute Gasteiger partial charge is 0.121 e. The van der Waals surface area contributed by atoms with Crippen molar-refractivity contribution in [3.8, 4) is 0 Å². The highest BCUT2D eigenvalue weighted by Gasteiger charge is 2.26. The summed E-state index contributed by atoms with van der Waals surface area (Å²) in [5.74, 6) is 3.04. The lowest BCUT2D eigenvalue weighted by Crippen LogP contribution is -2.30. The number of rotatable bonds is 6. The molecule has 0 spiro atoms. The molecule has 0 aliphatic heterocycles. The van der Waals surface area contributed by atoms with Gasteiger partial charge in [-0.1, -0.05) is 33.1 Å². The van der Waals surface area contributed by atoms with E-state index >= 15 is 0 Å². The maximum atomic E-state index is 5.98. The fraction of sp³-hybridized carbons (Fsp3) is 0.750. The van der Waals surface area contributed by atoms with E-state index in [1.54, 1.807) is 0 Å². The molecule has 1 saturated carbocycles. The average molecular weight is 249 g/mol. The maximum absolute atomic E-state index is 5.98. The van der Waals surface area contributed by atoms with Gasteiger partial charge in [0, 0.05) is 6.42 Å². The van der Waals surface area contributed by atoms with Crippen LogP contribution in [0.2, 0.25) is 0 Å². The second kappa shape index (κ2) is 6.98. The average Bonchev–Trinajstić information content (AvgIpc) is 2.89. The maximum Gasteiger partial charge on any atom is 0.121 e. The van der Waals surface area contributed by atoms with Crippen molar-refractivity contribution in [2.75, 3.05) is 6.54 Å². The molecule has 0 radical (unpaired) electrons. The third-order valence-corrected chi connectivity index (χ3v) is 4.07. The third kappa shape index (κ3) is 3.38. The molecule has 2 nitrogen and oxygen atoms in total. The monoisotopic (exact) mass is 249 g/mol. The van der Waals surface area contributed by atoms with E-state index in [9.17, 15) is 0 Å². The zero-order valence-electron chi connectivity index (χ0n) is 11.9. The van der Waals surface area contributed by atoms with Crippen molar-refractivity contribution in [3.63, 3.8) is 0 Å². The summed E-state index contributed by atoms with van der Waals surface area (Å²) < 4.78 is 5.98. The van der Waals surface area contributed by atoms with Gasteiger partial charge in [-0.3, -0.25) is 0 Å². The summed E-state index contributed by atoms with van der Waals surface area (Å²) in [4.78, 5) is 0. The molecule has 0 aromatic carbocycles. The van der Waals surface area contributed by atoms with E-state index in [0.717, 1.165) is 30.4 Å². The number of aryl methyl sites for hydroxylation is 1. The lowest BCUT2D eigenvalue weighted by atomic mass is 9.83. The fourth-order valence-corrected chi connectivity index (χ4v) is 3.02. The summed E-state index contributed by atoms with van der Waals surface area (Å²) in [7, 11) is 0. The molecule has 1 aliphatic carbocycles. The van der Waals surface area contributed by atoms with Crippen LogP contribution in [0.1, 0.15) is 69.9 Å². The molecule has 0 saturated heterocycles. The first kappa shape index (κ1) is 13.7. The second-order valence-electron chi connectivity index (χ2n) is 5.49. The van der Waals surface area contributed by atoms with Crippen LogP contribution in [-0.2, 0) is 6.42 Å². The minimum absolute atomic E-state index is 0.436. The minimum atomic E-state index is 0.436. The summed E-state index contributed by atoms with van der Waals surface area (Å²) >= 11 is 0. The minimum Gasteiger partial charge on any atom is -0.464 e. The van der Waals surface area contributed by atoms with Gasteiger partial charge in [0.25, 0.3) is 0 Å². The first-order chi connectivity index (χ1) is 8.85. The Labute approximate surface area is 111 Å². The molecule has 1 unspecified atom stereocenters. The zero-order chi connectivity index (χ0) is 12.8. The molecule has 102 valence electrons. The van der Waals surface area contributed by atoms with E-state index in [-0.39, 0.29) is 0 Å². The van der Waals surface area contributed by atoms with E-state index in [1.165, 1.54) is 38.5 Å². The molecule has 1 aromatic rings. The van der Waals surface area contributed by atoms with Gasteiger partial charge in [0.1, 0.15) is 11.5 Å². The molecule has 1 heterocycles. The molecule has 0 bridgehead atoms. The molecular formula is C16H27NO. The van der Waals surface area contributed by atoms with E-state index < -0.39 is 0 Å². The summed E-state index contributed by atoms with van der Waals surface area (Å²) in [5.41, 5.74) is 0. The molecule has 1 atom stereocenters. The zero-order valence-corrected chi connectivity index (χ0v) is 11.9. The predicted octanol–water partition coefficient (Wildman–Crippen LogP) is 4.46. The second-order valence-corrected chi connectivity index (χ2v) is 5.49. The molecular weight excluding hydrogens is 222 g/mol. The summed E-state index contributed by atoms with van der Waals surface area (Å²) in [6.45, 7) is 5.46. The summed E-state index contributed by atoms with van der Waals surface area (Å²) in [6.07, 6.45) is 9.06. The van der Waals surface area contributed by atoms with Gasteiger partial charge in [0.15, 0.2) is 0 Å². The van der Waals surface area contributed by atoms with Crippen LogP contribution in [0.25, 0.3) is 0 Å². The summed E-state index contributed by atoms with van der Waals surface area (Å²) in [6, 6.07) is 4.75. The van der Waals surface area contributed by atoms with Crippen molar-refractivity contribution in [3.05, 3.63) is 23.7 Å². The Balaban J connectivity index is 2.07. The van der Waals surface area contributed by atoms with Gasteiger partial charge in [-0.15, -0.1) is 0 Å². The van der Waals surface area contributed by atoms with Gasteiger partial charge >= 0.3 is 0 Å². The third-order valence-electron chi connectivity index (χ3n) is 4.07. The molecule has 0 amide bonds. The quantitative estimate of drug-likeness (QED) is 0.805. The van der Waals surface area contributed by atoms with E-state index in [2.05, 4.69) is 31.3 Å². The highest BCUT2D eigenvalue weighted by atomic mass is 16.3.